The highest BCUT2D eigenvalue weighted by atomic mass is 79.9. The summed E-state index contributed by atoms with van der Waals surface area (Å²) in [6.07, 6.45) is 4.79. The molecule has 1 N–H and O–H groups in total. The molecule has 1 aliphatic heterocycles. The molecule has 1 aromatic carbocycles. The number of hydrogen-bond donors (Lipinski definition) is 1. The molecule has 2 fully saturated rings. The first-order valence-corrected chi connectivity index (χ1v) is 10.4. The number of hydrogen-bond acceptors (Lipinski definition) is 5. The van der Waals surface area contributed by atoms with Crippen LogP contribution < -0.4 is 10.2 Å². The number of nitrogens with zero attached hydrogens (tertiary/aromatic N) is 4. The Morgan fingerprint density at radius 1 is 1.28 bits per heavy atom. The molecule has 1 aliphatic carbocycles. The van der Waals surface area contributed by atoms with Gasteiger partial charge >= 0.3 is 0 Å². The third-order valence-electron chi connectivity index (χ3n) is 4.39. The Morgan fingerprint density at radius 3 is 2.80 bits per heavy atom. The Labute approximate surface area is 159 Å². The monoisotopic (exact) mass is 421 g/mol. The van der Waals surface area contributed by atoms with Crippen LogP contribution in [0.4, 0.5) is 11.6 Å². The second-order valence-corrected chi connectivity index (χ2v) is 8.28. The van der Waals surface area contributed by atoms with Crippen LogP contribution in [-0.2, 0) is 4.79 Å². The summed E-state index contributed by atoms with van der Waals surface area (Å²) in [6, 6.07) is 8.11. The van der Waals surface area contributed by atoms with E-state index in [2.05, 4.69) is 40.9 Å². The Hall–Kier alpha value is -1.54. The van der Waals surface area contributed by atoms with Crippen LogP contribution >= 0.6 is 27.7 Å². The highest BCUT2D eigenvalue weighted by molar-refractivity contribution is 9.10. The highest BCUT2D eigenvalue weighted by Crippen LogP contribution is 2.41. The van der Waals surface area contributed by atoms with E-state index in [4.69, 9.17) is 0 Å². The largest absolute Gasteiger partial charge is 0.341 e. The summed E-state index contributed by atoms with van der Waals surface area (Å²) >= 11 is 4.88. The molecule has 0 radical (unpaired) electrons. The molecule has 0 atom stereocenters. The van der Waals surface area contributed by atoms with Gasteiger partial charge in [0.1, 0.15) is 0 Å². The number of carbonyl (C=O) groups excluding carboxylic acids is 1. The summed E-state index contributed by atoms with van der Waals surface area (Å²) in [4.78, 5) is 14.6. The van der Waals surface area contributed by atoms with Gasteiger partial charge in [-0.25, -0.2) is 0 Å². The fourth-order valence-electron chi connectivity index (χ4n) is 3.05. The molecule has 0 bridgehead atoms. The quantitative estimate of drug-likeness (QED) is 0.720. The zero-order valence-electron chi connectivity index (χ0n) is 13.8. The van der Waals surface area contributed by atoms with Gasteiger partial charge in [0.2, 0.25) is 11.9 Å². The zero-order chi connectivity index (χ0) is 17.2. The van der Waals surface area contributed by atoms with Gasteiger partial charge in [0.05, 0.1) is 5.75 Å². The van der Waals surface area contributed by atoms with Crippen molar-refractivity contribution >= 4 is 45.2 Å². The lowest BCUT2D eigenvalue weighted by atomic mass is 10.3. The molecule has 8 heteroatoms. The molecular weight excluding hydrogens is 402 g/mol. The normalized spacial score (nSPS) is 17.1. The van der Waals surface area contributed by atoms with Crippen molar-refractivity contribution < 1.29 is 4.79 Å². The van der Waals surface area contributed by atoms with E-state index in [9.17, 15) is 4.79 Å². The van der Waals surface area contributed by atoms with Crippen molar-refractivity contribution in [3.8, 4) is 0 Å². The molecule has 6 nitrogen and oxygen atoms in total. The zero-order valence-corrected chi connectivity index (χ0v) is 16.2. The lowest BCUT2D eigenvalue weighted by Crippen LogP contribution is -2.22. The number of amides is 1. The van der Waals surface area contributed by atoms with Gasteiger partial charge < -0.3 is 10.2 Å². The van der Waals surface area contributed by atoms with Crippen molar-refractivity contribution in [2.45, 2.75) is 36.9 Å². The molecule has 1 saturated carbocycles. The van der Waals surface area contributed by atoms with Crippen LogP contribution in [0.1, 0.15) is 31.7 Å². The van der Waals surface area contributed by atoms with Gasteiger partial charge in [-0.05, 0) is 43.9 Å². The average molecular weight is 422 g/mol. The SMILES string of the molecule is O=C(CSc1nnc(N2CCCC2)n1C1CC1)Nc1cccc(Br)c1. The van der Waals surface area contributed by atoms with Crippen LogP contribution in [0.3, 0.4) is 0 Å². The minimum atomic E-state index is -0.0313. The molecule has 25 heavy (non-hydrogen) atoms. The van der Waals surface area contributed by atoms with E-state index in [1.165, 1.54) is 37.4 Å². The van der Waals surface area contributed by atoms with Gasteiger partial charge in [0.25, 0.3) is 0 Å². The van der Waals surface area contributed by atoms with Crippen LogP contribution in [0.2, 0.25) is 0 Å². The number of thioether (sulfide) groups is 1. The Balaban J connectivity index is 1.41. The number of aromatic nitrogens is 3. The number of anilines is 2. The van der Waals surface area contributed by atoms with Gasteiger partial charge in [-0.2, -0.15) is 0 Å². The van der Waals surface area contributed by atoms with Crippen LogP contribution in [0, 0.1) is 0 Å². The number of benzene rings is 1. The van der Waals surface area contributed by atoms with Gasteiger partial charge in [-0.15, -0.1) is 10.2 Å². The summed E-state index contributed by atoms with van der Waals surface area (Å²) in [5.74, 6) is 1.28. The summed E-state index contributed by atoms with van der Waals surface area (Å²) < 4.78 is 3.18. The molecule has 2 heterocycles. The fraction of sp³-hybridized carbons (Fsp3) is 0.471. The maximum absolute atomic E-state index is 12.2. The summed E-state index contributed by atoms with van der Waals surface area (Å²) in [6.45, 7) is 2.11. The lowest BCUT2D eigenvalue weighted by Gasteiger charge is -2.17. The minimum absolute atomic E-state index is 0.0313. The van der Waals surface area contributed by atoms with Gasteiger partial charge in [-0.3, -0.25) is 9.36 Å². The number of carbonyl (C=O) groups is 1. The summed E-state index contributed by atoms with van der Waals surface area (Å²) in [5, 5.41) is 12.6. The minimum Gasteiger partial charge on any atom is -0.341 e. The van der Waals surface area contributed by atoms with Gasteiger partial charge in [-0.1, -0.05) is 33.8 Å². The molecule has 1 aromatic heterocycles. The molecule has 4 rings (SSSR count). The highest BCUT2D eigenvalue weighted by Gasteiger charge is 2.32. The molecule has 0 unspecified atom stereocenters. The molecular formula is C17H20BrN5OS. The second kappa shape index (κ2) is 7.37. The Kier molecular flexibility index (Phi) is 4.98. The predicted molar refractivity (Wildman–Crippen MR) is 103 cm³/mol. The van der Waals surface area contributed by atoms with Crippen LogP contribution in [0.5, 0.6) is 0 Å². The molecule has 2 aromatic rings. The Bertz CT molecular complexity index is 770. The van der Waals surface area contributed by atoms with Gasteiger partial charge in [0, 0.05) is 29.3 Å². The number of halogens is 1. The van der Waals surface area contributed by atoms with E-state index >= 15 is 0 Å². The van der Waals surface area contributed by atoms with Crippen molar-refractivity contribution in [3.63, 3.8) is 0 Å². The summed E-state index contributed by atoms with van der Waals surface area (Å²) in [7, 11) is 0. The third-order valence-corrected chi connectivity index (χ3v) is 5.82. The third kappa shape index (κ3) is 4.00. The van der Waals surface area contributed by atoms with Crippen molar-refractivity contribution in [1.29, 1.82) is 0 Å². The molecule has 132 valence electrons. The summed E-state index contributed by atoms with van der Waals surface area (Å²) in [5.41, 5.74) is 0.793. The van der Waals surface area contributed by atoms with Crippen molar-refractivity contribution in [2.75, 3.05) is 29.1 Å². The van der Waals surface area contributed by atoms with Crippen molar-refractivity contribution in [2.24, 2.45) is 0 Å². The first-order chi connectivity index (χ1) is 12.2. The van der Waals surface area contributed by atoms with Crippen LogP contribution in [-0.4, -0.2) is 39.5 Å². The molecule has 1 amide bonds. The van der Waals surface area contributed by atoms with Crippen LogP contribution in [0.25, 0.3) is 0 Å². The van der Waals surface area contributed by atoms with E-state index in [0.29, 0.717) is 11.8 Å². The second-order valence-electron chi connectivity index (χ2n) is 6.43. The fourth-order valence-corrected chi connectivity index (χ4v) is 4.25. The molecule has 2 aliphatic rings. The smallest absolute Gasteiger partial charge is 0.234 e. The van der Waals surface area contributed by atoms with Crippen molar-refractivity contribution in [1.82, 2.24) is 14.8 Å². The first-order valence-electron chi connectivity index (χ1n) is 8.59. The molecule has 0 spiro atoms. The topological polar surface area (TPSA) is 63.1 Å². The maximum atomic E-state index is 12.2. The first kappa shape index (κ1) is 16.9. The standard InChI is InChI=1S/C17H20BrN5OS/c18-12-4-3-5-13(10-12)19-15(24)11-25-17-21-20-16(22-8-1-2-9-22)23(17)14-6-7-14/h3-5,10,14H,1-2,6-9,11H2,(H,19,24). The van der Waals surface area contributed by atoms with E-state index < -0.39 is 0 Å². The maximum Gasteiger partial charge on any atom is 0.234 e. The van der Waals surface area contributed by atoms with Crippen LogP contribution in [0.15, 0.2) is 33.9 Å². The Morgan fingerprint density at radius 2 is 2.08 bits per heavy atom. The van der Waals surface area contributed by atoms with E-state index in [1.807, 2.05) is 24.3 Å². The number of nitrogens with one attached hydrogen (secondary N) is 1. The predicted octanol–water partition coefficient (Wildman–Crippen LogP) is 3.71. The lowest BCUT2D eigenvalue weighted by molar-refractivity contribution is -0.113. The van der Waals surface area contributed by atoms with E-state index in [1.54, 1.807) is 0 Å². The average Bonchev–Trinajstić information content (AvgIpc) is 3.11. The van der Waals surface area contributed by atoms with E-state index in [0.717, 1.165) is 34.4 Å². The van der Waals surface area contributed by atoms with Crippen molar-refractivity contribution in [3.05, 3.63) is 28.7 Å². The van der Waals surface area contributed by atoms with Gasteiger partial charge in [0.15, 0.2) is 5.16 Å². The molecule has 1 saturated heterocycles. The number of rotatable bonds is 6. The van der Waals surface area contributed by atoms with E-state index in [-0.39, 0.29) is 5.91 Å².